The number of rotatable bonds is 2. The zero-order chi connectivity index (χ0) is 10.1. The SMILES string of the molecule is Cc1cc2c([nH]1)CC(CCN)CC2=O. The molecule has 1 aromatic heterocycles. The van der Waals surface area contributed by atoms with Crippen molar-refractivity contribution in [2.24, 2.45) is 11.7 Å². The van der Waals surface area contributed by atoms with Crippen LogP contribution >= 0.6 is 0 Å². The molecule has 0 aromatic carbocycles. The van der Waals surface area contributed by atoms with Crippen molar-refractivity contribution in [3.05, 3.63) is 23.0 Å². The van der Waals surface area contributed by atoms with Gasteiger partial charge in [0.1, 0.15) is 0 Å². The largest absolute Gasteiger partial charge is 0.362 e. The monoisotopic (exact) mass is 192 g/mol. The molecular weight excluding hydrogens is 176 g/mol. The summed E-state index contributed by atoms with van der Waals surface area (Å²) in [5.41, 5.74) is 8.60. The average molecular weight is 192 g/mol. The molecule has 0 bridgehead atoms. The van der Waals surface area contributed by atoms with Crippen molar-refractivity contribution < 1.29 is 4.79 Å². The summed E-state index contributed by atoms with van der Waals surface area (Å²) in [6, 6.07) is 1.95. The molecule has 0 spiro atoms. The second-order valence-electron chi connectivity index (χ2n) is 4.12. The Labute approximate surface area is 83.7 Å². The Morgan fingerprint density at radius 1 is 1.57 bits per heavy atom. The van der Waals surface area contributed by atoms with Crippen LogP contribution in [0.4, 0.5) is 0 Å². The van der Waals surface area contributed by atoms with Gasteiger partial charge in [0.25, 0.3) is 0 Å². The predicted octanol–water partition coefficient (Wildman–Crippen LogP) is 1.42. The van der Waals surface area contributed by atoms with Crippen LogP contribution in [0.1, 0.15) is 34.6 Å². The van der Waals surface area contributed by atoms with Crippen molar-refractivity contribution >= 4 is 5.78 Å². The zero-order valence-corrected chi connectivity index (χ0v) is 8.47. The van der Waals surface area contributed by atoms with Gasteiger partial charge in [0.2, 0.25) is 0 Å². The summed E-state index contributed by atoms with van der Waals surface area (Å²) in [6.07, 6.45) is 2.59. The maximum Gasteiger partial charge on any atom is 0.164 e. The molecule has 1 atom stereocenters. The zero-order valence-electron chi connectivity index (χ0n) is 8.47. The minimum absolute atomic E-state index is 0.272. The van der Waals surface area contributed by atoms with Crippen molar-refractivity contribution in [3.8, 4) is 0 Å². The molecule has 0 fully saturated rings. The number of hydrogen-bond acceptors (Lipinski definition) is 2. The predicted molar refractivity (Wildman–Crippen MR) is 55.3 cm³/mol. The Balaban J connectivity index is 2.24. The molecule has 2 rings (SSSR count). The van der Waals surface area contributed by atoms with Crippen LogP contribution in [0.25, 0.3) is 0 Å². The van der Waals surface area contributed by atoms with Gasteiger partial charge in [-0.3, -0.25) is 4.79 Å². The maximum absolute atomic E-state index is 11.7. The molecule has 0 aliphatic heterocycles. The number of carbonyl (C=O) groups is 1. The van der Waals surface area contributed by atoms with Gasteiger partial charge >= 0.3 is 0 Å². The second-order valence-corrected chi connectivity index (χ2v) is 4.12. The van der Waals surface area contributed by atoms with Gasteiger partial charge in [0, 0.05) is 23.4 Å². The standard InChI is InChI=1S/C11H16N2O/c1-7-4-9-10(13-7)5-8(2-3-12)6-11(9)14/h4,8,13H,2-3,5-6,12H2,1H3. The highest BCUT2D eigenvalue weighted by molar-refractivity contribution is 5.98. The molecule has 1 unspecified atom stereocenters. The number of aryl methyl sites for hydroxylation is 1. The Morgan fingerprint density at radius 3 is 3.07 bits per heavy atom. The van der Waals surface area contributed by atoms with Crippen LogP contribution in [0.3, 0.4) is 0 Å². The Hall–Kier alpha value is -1.09. The average Bonchev–Trinajstić information content (AvgIpc) is 2.47. The van der Waals surface area contributed by atoms with Gasteiger partial charge in [-0.15, -0.1) is 0 Å². The van der Waals surface area contributed by atoms with E-state index in [0.717, 1.165) is 29.8 Å². The normalized spacial score (nSPS) is 21.0. The van der Waals surface area contributed by atoms with Crippen LogP contribution in [0, 0.1) is 12.8 Å². The number of aromatic nitrogens is 1. The lowest BCUT2D eigenvalue weighted by Gasteiger charge is -2.20. The minimum atomic E-state index is 0.272. The van der Waals surface area contributed by atoms with Gasteiger partial charge in [-0.2, -0.15) is 0 Å². The van der Waals surface area contributed by atoms with Crippen LogP contribution in [0.5, 0.6) is 0 Å². The molecule has 0 saturated heterocycles. The quantitative estimate of drug-likeness (QED) is 0.744. The van der Waals surface area contributed by atoms with E-state index in [-0.39, 0.29) is 5.78 Å². The highest BCUT2D eigenvalue weighted by Crippen LogP contribution is 2.27. The van der Waals surface area contributed by atoms with Crippen LogP contribution in [-0.4, -0.2) is 17.3 Å². The highest BCUT2D eigenvalue weighted by Gasteiger charge is 2.25. The third-order valence-electron chi connectivity index (χ3n) is 2.88. The second kappa shape index (κ2) is 3.58. The fourth-order valence-electron chi connectivity index (χ4n) is 2.23. The van der Waals surface area contributed by atoms with Gasteiger partial charge in [0.15, 0.2) is 5.78 Å². The number of nitrogens with two attached hydrogens (primary N) is 1. The first-order valence-corrected chi connectivity index (χ1v) is 5.12. The van der Waals surface area contributed by atoms with E-state index in [2.05, 4.69) is 4.98 Å². The molecule has 3 heteroatoms. The molecular formula is C11H16N2O. The number of H-pyrrole nitrogens is 1. The van der Waals surface area contributed by atoms with E-state index in [4.69, 9.17) is 5.73 Å². The first kappa shape index (κ1) is 9.46. The lowest BCUT2D eigenvalue weighted by atomic mass is 9.85. The lowest BCUT2D eigenvalue weighted by molar-refractivity contribution is 0.0947. The summed E-state index contributed by atoms with van der Waals surface area (Å²) in [5.74, 6) is 0.715. The number of hydrogen-bond donors (Lipinski definition) is 2. The number of ketones is 1. The van der Waals surface area contributed by atoms with E-state index < -0.39 is 0 Å². The van der Waals surface area contributed by atoms with Crippen LogP contribution < -0.4 is 5.73 Å². The fraction of sp³-hybridized carbons (Fsp3) is 0.545. The smallest absolute Gasteiger partial charge is 0.164 e. The Kier molecular flexibility index (Phi) is 2.42. The topological polar surface area (TPSA) is 58.9 Å². The van der Waals surface area contributed by atoms with Crippen molar-refractivity contribution in [1.82, 2.24) is 4.98 Å². The fourth-order valence-corrected chi connectivity index (χ4v) is 2.23. The van der Waals surface area contributed by atoms with Crippen LogP contribution in [-0.2, 0) is 6.42 Å². The van der Waals surface area contributed by atoms with Gasteiger partial charge in [-0.25, -0.2) is 0 Å². The molecule has 0 saturated carbocycles. The lowest BCUT2D eigenvalue weighted by Crippen LogP contribution is -2.21. The first-order valence-electron chi connectivity index (χ1n) is 5.12. The number of aromatic amines is 1. The van der Waals surface area contributed by atoms with E-state index in [9.17, 15) is 4.79 Å². The molecule has 14 heavy (non-hydrogen) atoms. The van der Waals surface area contributed by atoms with Gasteiger partial charge in [-0.05, 0) is 38.3 Å². The van der Waals surface area contributed by atoms with E-state index in [1.807, 2.05) is 13.0 Å². The molecule has 0 amide bonds. The highest BCUT2D eigenvalue weighted by atomic mass is 16.1. The number of carbonyl (C=O) groups excluding carboxylic acids is 1. The van der Waals surface area contributed by atoms with E-state index >= 15 is 0 Å². The summed E-state index contributed by atoms with van der Waals surface area (Å²) in [7, 11) is 0. The summed E-state index contributed by atoms with van der Waals surface area (Å²) in [5, 5.41) is 0. The molecule has 76 valence electrons. The third kappa shape index (κ3) is 1.60. The van der Waals surface area contributed by atoms with Gasteiger partial charge in [-0.1, -0.05) is 0 Å². The van der Waals surface area contributed by atoms with Crippen LogP contribution in [0.15, 0.2) is 6.07 Å². The number of nitrogens with one attached hydrogen (secondary N) is 1. The molecule has 1 aliphatic rings. The minimum Gasteiger partial charge on any atom is -0.362 e. The van der Waals surface area contributed by atoms with E-state index in [0.29, 0.717) is 18.9 Å². The van der Waals surface area contributed by atoms with E-state index in [1.165, 1.54) is 0 Å². The third-order valence-corrected chi connectivity index (χ3v) is 2.88. The molecule has 3 N–H and O–H groups in total. The van der Waals surface area contributed by atoms with Crippen molar-refractivity contribution in [3.63, 3.8) is 0 Å². The molecule has 1 aliphatic carbocycles. The molecule has 3 nitrogen and oxygen atoms in total. The number of fused-ring (bicyclic) bond motifs is 1. The Morgan fingerprint density at radius 2 is 2.36 bits per heavy atom. The molecule has 1 aromatic rings. The van der Waals surface area contributed by atoms with Gasteiger partial charge < -0.3 is 10.7 Å². The molecule has 0 radical (unpaired) electrons. The summed E-state index contributed by atoms with van der Waals surface area (Å²) in [4.78, 5) is 15.0. The first-order chi connectivity index (χ1) is 6.70. The van der Waals surface area contributed by atoms with E-state index in [1.54, 1.807) is 0 Å². The summed E-state index contributed by atoms with van der Waals surface area (Å²) < 4.78 is 0. The summed E-state index contributed by atoms with van der Waals surface area (Å²) >= 11 is 0. The number of Topliss-reactive ketones (excluding diaryl/α,β-unsaturated/α-hetero) is 1. The van der Waals surface area contributed by atoms with Crippen molar-refractivity contribution in [2.75, 3.05) is 6.54 Å². The Bertz CT molecular complexity index is 354. The van der Waals surface area contributed by atoms with Crippen LogP contribution in [0.2, 0.25) is 0 Å². The van der Waals surface area contributed by atoms with Crippen molar-refractivity contribution in [1.29, 1.82) is 0 Å². The summed E-state index contributed by atoms with van der Waals surface area (Å²) in [6.45, 7) is 2.66. The van der Waals surface area contributed by atoms with Gasteiger partial charge in [0.05, 0.1) is 0 Å². The molecule has 1 heterocycles. The van der Waals surface area contributed by atoms with Crippen molar-refractivity contribution in [2.45, 2.75) is 26.2 Å². The maximum atomic E-state index is 11.7.